The Morgan fingerprint density at radius 2 is 1.65 bits per heavy atom. The van der Waals surface area contributed by atoms with Crippen LogP contribution in [0.15, 0.2) is 45.1 Å². The number of fused-ring (bicyclic) bond motifs is 1. The standard InChI is InChI=1S/C23H29N5O5S/c1-25-20-19(21(30)27(3)23(31)26(20)2)24-22(25)34(32,33)14-11-18(29)28-12-9-17(10-13-28)15-16-7-5-4-6-8-16/h4-8,17H,9-15H2,1-3H3. The number of aryl methyl sites for hydroxylation is 2. The molecule has 0 spiro atoms. The number of rotatable bonds is 6. The van der Waals surface area contributed by atoms with Gasteiger partial charge in [-0.3, -0.25) is 18.7 Å². The lowest BCUT2D eigenvalue weighted by Gasteiger charge is -2.32. The first kappa shape index (κ1) is 23.9. The Morgan fingerprint density at radius 1 is 1.00 bits per heavy atom. The molecule has 11 heteroatoms. The normalized spacial score (nSPS) is 15.2. The molecule has 3 heterocycles. The van der Waals surface area contributed by atoms with Gasteiger partial charge in [0.2, 0.25) is 20.9 Å². The Morgan fingerprint density at radius 3 is 2.29 bits per heavy atom. The Balaban J connectivity index is 1.42. The number of likely N-dealkylation sites (tertiary alicyclic amines) is 1. The van der Waals surface area contributed by atoms with Gasteiger partial charge >= 0.3 is 5.69 Å². The van der Waals surface area contributed by atoms with Crippen molar-refractivity contribution in [2.75, 3.05) is 18.8 Å². The van der Waals surface area contributed by atoms with Crippen molar-refractivity contribution in [3.05, 3.63) is 56.7 Å². The number of carbonyl (C=O) groups excluding carboxylic acids is 1. The van der Waals surface area contributed by atoms with Crippen LogP contribution in [0, 0.1) is 5.92 Å². The van der Waals surface area contributed by atoms with Gasteiger partial charge in [-0.1, -0.05) is 30.3 Å². The molecule has 0 radical (unpaired) electrons. The summed E-state index contributed by atoms with van der Waals surface area (Å²) in [5.74, 6) is -0.116. The molecular formula is C23H29N5O5S. The van der Waals surface area contributed by atoms with E-state index in [0.29, 0.717) is 19.0 Å². The molecule has 2 aromatic heterocycles. The Bertz CT molecular complexity index is 1440. The van der Waals surface area contributed by atoms with Crippen LogP contribution in [0.25, 0.3) is 11.2 Å². The second kappa shape index (κ2) is 9.21. The summed E-state index contributed by atoms with van der Waals surface area (Å²) >= 11 is 0. The summed E-state index contributed by atoms with van der Waals surface area (Å²) in [6, 6.07) is 10.3. The van der Waals surface area contributed by atoms with Crippen molar-refractivity contribution in [3.8, 4) is 0 Å². The highest BCUT2D eigenvalue weighted by Gasteiger charge is 2.28. The van der Waals surface area contributed by atoms with Gasteiger partial charge < -0.3 is 9.47 Å². The van der Waals surface area contributed by atoms with Gasteiger partial charge in [0.15, 0.2) is 11.2 Å². The number of nitrogens with zero attached hydrogens (tertiary/aromatic N) is 5. The van der Waals surface area contributed by atoms with Crippen molar-refractivity contribution in [2.45, 2.75) is 30.8 Å². The first-order valence-corrected chi connectivity index (χ1v) is 12.9. The molecule has 4 rings (SSSR count). The Kier molecular flexibility index (Phi) is 6.48. The summed E-state index contributed by atoms with van der Waals surface area (Å²) in [7, 11) is 0.254. The first-order valence-electron chi connectivity index (χ1n) is 11.3. The summed E-state index contributed by atoms with van der Waals surface area (Å²) in [5, 5.41) is -0.324. The number of imidazole rings is 1. The van der Waals surface area contributed by atoms with Crippen molar-refractivity contribution < 1.29 is 13.2 Å². The molecule has 1 aliphatic heterocycles. The van der Waals surface area contributed by atoms with Crippen LogP contribution in [0.2, 0.25) is 0 Å². The topological polar surface area (TPSA) is 116 Å². The van der Waals surface area contributed by atoms with E-state index in [2.05, 4.69) is 17.1 Å². The van der Waals surface area contributed by atoms with E-state index in [1.165, 1.54) is 35.8 Å². The maximum Gasteiger partial charge on any atom is 0.332 e. The fraction of sp³-hybridized carbons (Fsp3) is 0.478. The highest BCUT2D eigenvalue weighted by Crippen LogP contribution is 2.23. The van der Waals surface area contributed by atoms with E-state index in [-0.39, 0.29) is 28.6 Å². The van der Waals surface area contributed by atoms with E-state index in [1.54, 1.807) is 4.90 Å². The third kappa shape index (κ3) is 4.44. The molecule has 1 aliphatic rings. The zero-order valence-electron chi connectivity index (χ0n) is 19.6. The maximum absolute atomic E-state index is 13.0. The van der Waals surface area contributed by atoms with Crippen LogP contribution < -0.4 is 11.2 Å². The molecule has 1 amide bonds. The molecular weight excluding hydrogens is 458 g/mol. The molecule has 0 bridgehead atoms. The number of amides is 1. The van der Waals surface area contributed by atoms with Gasteiger partial charge in [-0.05, 0) is 30.7 Å². The van der Waals surface area contributed by atoms with Crippen molar-refractivity contribution >= 4 is 26.9 Å². The molecule has 182 valence electrons. The predicted octanol–water partition coefficient (Wildman–Crippen LogP) is 0.616. The van der Waals surface area contributed by atoms with Gasteiger partial charge in [0.05, 0.1) is 5.75 Å². The van der Waals surface area contributed by atoms with Crippen LogP contribution in [0.5, 0.6) is 0 Å². The number of benzene rings is 1. The maximum atomic E-state index is 13.0. The summed E-state index contributed by atoms with van der Waals surface area (Å²) in [5.41, 5.74) is 0.0732. The van der Waals surface area contributed by atoms with Crippen LogP contribution in [0.3, 0.4) is 0 Å². The van der Waals surface area contributed by atoms with Crippen LogP contribution in [0.1, 0.15) is 24.8 Å². The molecule has 34 heavy (non-hydrogen) atoms. The van der Waals surface area contributed by atoms with E-state index >= 15 is 0 Å². The third-order valence-corrected chi connectivity index (χ3v) is 8.28. The van der Waals surface area contributed by atoms with E-state index in [9.17, 15) is 22.8 Å². The fourth-order valence-electron chi connectivity index (χ4n) is 4.64. The van der Waals surface area contributed by atoms with Crippen molar-refractivity contribution in [1.82, 2.24) is 23.6 Å². The average molecular weight is 488 g/mol. The number of carbonyl (C=O) groups is 1. The SMILES string of the molecule is Cn1c(=O)c2nc(S(=O)(=O)CCC(=O)N3CCC(Cc4ccccc4)CC3)n(C)c2n(C)c1=O. The molecule has 1 fully saturated rings. The zero-order chi connectivity index (χ0) is 24.6. The predicted molar refractivity (Wildman–Crippen MR) is 127 cm³/mol. The molecule has 0 aliphatic carbocycles. The number of aromatic nitrogens is 4. The molecule has 0 saturated carbocycles. The molecule has 0 atom stereocenters. The summed E-state index contributed by atoms with van der Waals surface area (Å²) < 4.78 is 29.3. The van der Waals surface area contributed by atoms with Crippen LogP contribution in [-0.4, -0.2) is 56.8 Å². The second-order valence-corrected chi connectivity index (χ2v) is 10.9. The second-order valence-electron chi connectivity index (χ2n) is 8.91. The van der Waals surface area contributed by atoms with E-state index < -0.39 is 26.8 Å². The van der Waals surface area contributed by atoms with E-state index in [4.69, 9.17) is 0 Å². The number of hydrogen-bond donors (Lipinski definition) is 0. The van der Waals surface area contributed by atoms with Crippen LogP contribution >= 0.6 is 0 Å². The average Bonchev–Trinajstić information content (AvgIpc) is 3.19. The Labute approximate surface area is 197 Å². The lowest BCUT2D eigenvalue weighted by atomic mass is 9.90. The summed E-state index contributed by atoms with van der Waals surface area (Å²) in [6.45, 7) is 1.22. The van der Waals surface area contributed by atoms with Gasteiger partial charge in [-0.25, -0.2) is 18.2 Å². The molecule has 1 saturated heterocycles. The van der Waals surface area contributed by atoms with Gasteiger partial charge in [0, 0.05) is 40.7 Å². The van der Waals surface area contributed by atoms with Gasteiger partial charge in [0.25, 0.3) is 5.56 Å². The molecule has 3 aromatic rings. The monoisotopic (exact) mass is 487 g/mol. The summed E-state index contributed by atoms with van der Waals surface area (Å²) in [6.07, 6.45) is 2.59. The minimum absolute atomic E-state index is 0.0995. The van der Waals surface area contributed by atoms with Crippen molar-refractivity contribution in [2.24, 2.45) is 27.1 Å². The van der Waals surface area contributed by atoms with Gasteiger partial charge in [0.1, 0.15) is 0 Å². The van der Waals surface area contributed by atoms with E-state index in [0.717, 1.165) is 23.8 Å². The minimum atomic E-state index is -3.96. The highest BCUT2D eigenvalue weighted by molar-refractivity contribution is 7.91. The number of piperidine rings is 1. The fourth-order valence-corrected chi connectivity index (χ4v) is 6.00. The highest BCUT2D eigenvalue weighted by atomic mass is 32.2. The van der Waals surface area contributed by atoms with E-state index in [1.807, 2.05) is 18.2 Å². The van der Waals surface area contributed by atoms with Gasteiger partial charge in [-0.2, -0.15) is 0 Å². The molecule has 0 N–H and O–H groups in total. The zero-order valence-corrected chi connectivity index (χ0v) is 20.4. The molecule has 10 nitrogen and oxygen atoms in total. The smallest absolute Gasteiger partial charge is 0.332 e. The molecule has 0 unspecified atom stereocenters. The Hall–Kier alpha value is -3.21. The third-order valence-electron chi connectivity index (χ3n) is 6.62. The largest absolute Gasteiger partial charge is 0.343 e. The number of hydrogen-bond acceptors (Lipinski definition) is 6. The number of sulfone groups is 1. The minimum Gasteiger partial charge on any atom is -0.343 e. The van der Waals surface area contributed by atoms with Gasteiger partial charge in [-0.15, -0.1) is 0 Å². The lowest BCUT2D eigenvalue weighted by Crippen LogP contribution is -2.39. The van der Waals surface area contributed by atoms with Crippen molar-refractivity contribution in [1.29, 1.82) is 0 Å². The van der Waals surface area contributed by atoms with Crippen LogP contribution in [0.4, 0.5) is 0 Å². The quantitative estimate of drug-likeness (QED) is 0.503. The summed E-state index contributed by atoms with van der Waals surface area (Å²) in [4.78, 5) is 43.1. The van der Waals surface area contributed by atoms with Crippen LogP contribution in [-0.2, 0) is 42.2 Å². The van der Waals surface area contributed by atoms with Crippen molar-refractivity contribution in [3.63, 3.8) is 0 Å². The lowest BCUT2D eigenvalue weighted by molar-refractivity contribution is -0.132. The first-order chi connectivity index (χ1) is 16.1. The molecule has 1 aromatic carbocycles.